The molecule has 19 heavy (non-hydrogen) atoms. The summed E-state index contributed by atoms with van der Waals surface area (Å²) in [5.74, 6) is 0.335. The largest absolute Gasteiger partial charge is 0.340 e. The van der Waals surface area contributed by atoms with Crippen molar-refractivity contribution in [2.24, 2.45) is 0 Å². The number of amides is 1. The number of hydrogen-bond acceptors (Lipinski definition) is 3. The van der Waals surface area contributed by atoms with Crippen molar-refractivity contribution in [2.45, 2.75) is 52.5 Å². The van der Waals surface area contributed by atoms with E-state index < -0.39 is 0 Å². The molecule has 0 spiro atoms. The van der Waals surface area contributed by atoms with Crippen LogP contribution in [0.3, 0.4) is 0 Å². The van der Waals surface area contributed by atoms with Crippen LogP contribution in [0.4, 0.5) is 0 Å². The van der Waals surface area contributed by atoms with Crippen LogP contribution in [0.2, 0.25) is 0 Å². The molecule has 4 heteroatoms. The first-order chi connectivity index (χ1) is 9.17. The molecule has 1 unspecified atom stereocenters. The van der Waals surface area contributed by atoms with Gasteiger partial charge in [0.05, 0.1) is 0 Å². The molecule has 4 nitrogen and oxygen atoms in total. The van der Waals surface area contributed by atoms with Crippen molar-refractivity contribution in [1.29, 1.82) is 0 Å². The van der Waals surface area contributed by atoms with Crippen molar-refractivity contribution in [2.75, 3.05) is 39.3 Å². The highest BCUT2D eigenvalue weighted by Crippen LogP contribution is 2.05. The van der Waals surface area contributed by atoms with E-state index >= 15 is 0 Å². The molecule has 0 aromatic rings. The fourth-order valence-electron chi connectivity index (χ4n) is 2.74. The molecule has 0 radical (unpaired) electrons. The zero-order valence-corrected chi connectivity index (χ0v) is 13.0. The molecule has 0 saturated carbocycles. The van der Waals surface area contributed by atoms with Crippen LogP contribution in [-0.2, 0) is 4.79 Å². The summed E-state index contributed by atoms with van der Waals surface area (Å²) in [4.78, 5) is 16.6. The highest BCUT2D eigenvalue weighted by Gasteiger charge is 2.19. The average Bonchev–Trinajstić information content (AvgIpc) is 2.39. The van der Waals surface area contributed by atoms with Gasteiger partial charge in [-0.15, -0.1) is 0 Å². The van der Waals surface area contributed by atoms with E-state index in [1.807, 2.05) is 4.90 Å². The number of rotatable bonds is 8. The Morgan fingerprint density at radius 1 is 1.26 bits per heavy atom. The molecule has 0 aliphatic carbocycles. The smallest absolute Gasteiger partial charge is 0.222 e. The second-order valence-corrected chi connectivity index (χ2v) is 5.64. The van der Waals surface area contributed by atoms with Gasteiger partial charge in [-0.3, -0.25) is 4.79 Å². The molecule has 1 rings (SSSR count). The molecule has 0 bridgehead atoms. The molecular formula is C15H31N3O. The number of carbonyl (C=O) groups excluding carboxylic acids is 1. The molecule has 0 aromatic heterocycles. The third-order valence-corrected chi connectivity index (χ3v) is 3.67. The standard InChI is InChI=1S/C15H31N3O/c1-4-9-17(10-5-2)11-6-7-15(19)18-12-8-16-14(3)13-18/h14,16H,4-13H2,1-3H3. The first-order valence-corrected chi connectivity index (χ1v) is 7.90. The van der Waals surface area contributed by atoms with E-state index in [-0.39, 0.29) is 0 Å². The zero-order valence-electron chi connectivity index (χ0n) is 13.0. The molecule has 1 heterocycles. The van der Waals surface area contributed by atoms with Crippen molar-refractivity contribution in [1.82, 2.24) is 15.1 Å². The summed E-state index contributed by atoms with van der Waals surface area (Å²) in [6.45, 7) is 12.6. The summed E-state index contributed by atoms with van der Waals surface area (Å²) in [5, 5.41) is 3.37. The van der Waals surface area contributed by atoms with E-state index in [1.54, 1.807) is 0 Å². The Morgan fingerprint density at radius 3 is 2.53 bits per heavy atom. The fraction of sp³-hybridized carbons (Fsp3) is 0.933. The van der Waals surface area contributed by atoms with Crippen LogP contribution < -0.4 is 5.32 Å². The number of nitrogens with one attached hydrogen (secondary N) is 1. The van der Waals surface area contributed by atoms with Gasteiger partial charge in [-0.05, 0) is 45.8 Å². The van der Waals surface area contributed by atoms with Gasteiger partial charge in [0.2, 0.25) is 5.91 Å². The van der Waals surface area contributed by atoms with Gasteiger partial charge in [0.15, 0.2) is 0 Å². The highest BCUT2D eigenvalue weighted by molar-refractivity contribution is 5.76. The second-order valence-electron chi connectivity index (χ2n) is 5.64. The Hall–Kier alpha value is -0.610. The summed E-state index contributed by atoms with van der Waals surface area (Å²) in [7, 11) is 0. The van der Waals surface area contributed by atoms with E-state index in [2.05, 4.69) is 31.0 Å². The van der Waals surface area contributed by atoms with Crippen LogP contribution in [0.25, 0.3) is 0 Å². The molecule has 0 aromatic carbocycles. The van der Waals surface area contributed by atoms with E-state index in [0.29, 0.717) is 18.4 Å². The summed E-state index contributed by atoms with van der Waals surface area (Å²) in [6.07, 6.45) is 4.10. The third kappa shape index (κ3) is 6.39. The normalized spacial score (nSPS) is 20.0. The van der Waals surface area contributed by atoms with E-state index in [0.717, 1.165) is 45.7 Å². The summed E-state index contributed by atoms with van der Waals surface area (Å²) in [6, 6.07) is 0.439. The van der Waals surface area contributed by atoms with Gasteiger partial charge >= 0.3 is 0 Å². The van der Waals surface area contributed by atoms with Crippen LogP contribution in [0.5, 0.6) is 0 Å². The molecule has 1 saturated heterocycles. The van der Waals surface area contributed by atoms with Crippen molar-refractivity contribution < 1.29 is 4.79 Å². The van der Waals surface area contributed by atoms with Gasteiger partial charge < -0.3 is 15.1 Å². The lowest BCUT2D eigenvalue weighted by atomic mass is 10.2. The maximum Gasteiger partial charge on any atom is 0.222 e. The predicted molar refractivity (Wildman–Crippen MR) is 80.3 cm³/mol. The maximum absolute atomic E-state index is 12.1. The number of hydrogen-bond donors (Lipinski definition) is 1. The minimum Gasteiger partial charge on any atom is -0.340 e. The average molecular weight is 269 g/mol. The lowest BCUT2D eigenvalue weighted by molar-refractivity contribution is -0.132. The van der Waals surface area contributed by atoms with Gasteiger partial charge in [0, 0.05) is 32.1 Å². The molecular weight excluding hydrogens is 238 g/mol. The SMILES string of the molecule is CCCN(CCC)CCCC(=O)N1CCNC(C)C1. The van der Waals surface area contributed by atoms with E-state index in [1.165, 1.54) is 12.8 Å². The molecule has 1 fully saturated rings. The van der Waals surface area contributed by atoms with Crippen LogP contribution in [-0.4, -0.2) is 61.0 Å². The van der Waals surface area contributed by atoms with Crippen molar-refractivity contribution in [3.8, 4) is 0 Å². The van der Waals surface area contributed by atoms with Crippen LogP contribution in [0, 0.1) is 0 Å². The van der Waals surface area contributed by atoms with Crippen LogP contribution >= 0.6 is 0 Å². The number of nitrogens with zero attached hydrogens (tertiary/aromatic N) is 2. The van der Waals surface area contributed by atoms with E-state index in [9.17, 15) is 4.79 Å². The molecule has 112 valence electrons. The molecule has 1 amide bonds. The summed E-state index contributed by atoms with van der Waals surface area (Å²) in [5.41, 5.74) is 0. The first kappa shape index (κ1) is 16.4. The van der Waals surface area contributed by atoms with Gasteiger partial charge in [-0.1, -0.05) is 13.8 Å². The van der Waals surface area contributed by atoms with Crippen molar-refractivity contribution in [3.05, 3.63) is 0 Å². The van der Waals surface area contributed by atoms with Gasteiger partial charge in [0.25, 0.3) is 0 Å². The minimum atomic E-state index is 0.335. The van der Waals surface area contributed by atoms with Gasteiger partial charge in [0.1, 0.15) is 0 Å². The Kier molecular flexibility index (Phi) is 8.07. The predicted octanol–water partition coefficient (Wildman–Crippen LogP) is 1.71. The molecule has 1 aliphatic rings. The highest BCUT2D eigenvalue weighted by atomic mass is 16.2. The van der Waals surface area contributed by atoms with Gasteiger partial charge in [-0.25, -0.2) is 0 Å². The van der Waals surface area contributed by atoms with Crippen molar-refractivity contribution >= 4 is 5.91 Å². The topological polar surface area (TPSA) is 35.6 Å². The Morgan fingerprint density at radius 2 is 1.95 bits per heavy atom. The second kappa shape index (κ2) is 9.32. The van der Waals surface area contributed by atoms with Crippen molar-refractivity contribution in [3.63, 3.8) is 0 Å². The molecule has 1 N–H and O–H groups in total. The fourth-order valence-corrected chi connectivity index (χ4v) is 2.74. The summed E-state index contributed by atoms with van der Waals surface area (Å²) < 4.78 is 0. The quantitative estimate of drug-likeness (QED) is 0.728. The summed E-state index contributed by atoms with van der Waals surface area (Å²) >= 11 is 0. The monoisotopic (exact) mass is 269 g/mol. The van der Waals surface area contributed by atoms with E-state index in [4.69, 9.17) is 0 Å². The molecule has 1 aliphatic heterocycles. The third-order valence-electron chi connectivity index (χ3n) is 3.67. The first-order valence-electron chi connectivity index (χ1n) is 7.90. The van der Waals surface area contributed by atoms with Crippen LogP contribution in [0.1, 0.15) is 46.5 Å². The lowest BCUT2D eigenvalue weighted by Crippen LogP contribution is -2.51. The van der Waals surface area contributed by atoms with Crippen LogP contribution in [0.15, 0.2) is 0 Å². The Bertz CT molecular complexity index is 252. The minimum absolute atomic E-state index is 0.335. The number of piperazine rings is 1. The Balaban J connectivity index is 2.21. The molecule has 1 atom stereocenters. The maximum atomic E-state index is 12.1. The van der Waals surface area contributed by atoms with Gasteiger partial charge in [-0.2, -0.15) is 0 Å². The number of carbonyl (C=O) groups is 1. The zero-order chi connectivity index (χ0) is 14.1. The lowest BCUT2D eigenvalue weighted by Gasteiger charge is -2.32. The Labute approximate surface area is 118 Å².